The molecule has 74 valence electrons. The predicted molar refractivity (Wildman–Crippen MR) is 61.6 cm³/mol. The molecule has 0 heterocycles. The highest BCUT2D eigenvalue weighted by Gasteiger charge is 2.25. The first-order chi connectivity index (χ1) is 5.68. The summed E-state index contributed by atoms with van der Waals surface area (Å²) in [5.41, 5.74) is 0. The summed E-state index contributed by atoms with van der Waals surface area (Å²) in [7, 11) is -1.31. The van der Waals surface area contributed by atoms with E-state index in [4.69, 9.17) is 4.43 Å². The molecule has 1 atom stereocenters. The molecule has 0 bridgehead atoms. The lowest BCUT2D eigenvalue weighted by Gasteiger charge is -2.25. The van der Waals surface area contributed by atoms with Crippen molar-refractivity contribution in [2.45, 2.75) is 45.3 Å². The van der Waals surface area contributed by atoms with Gasteiger partial charge in [-0.1, -0.05) is 13.8 Å². The van der Waals surface area contributed by atoms with Gasteiger partial charge in [0.05, 0.1) is 0 Å². The fourth-order valence-electron chi connectivity index (χ4n) is 1.15. The smallest absolute Gasteiger partial charge is 0.189 e. The second kappa shape index (κ2) is 6.98. The maximum absolute atomic E-state index is 5.93. The lowest BCUT2D eigenvalue weighted by Crippen LogP contribution is -2.33. The van der Waals surface area contributed by atoms with Crippen molar-refractivity contribution in [2.75, 3.05) is 12.4 Å². The monoisotopic (exact) mass is 206 g/mol. The van der Waals surface area contributed by atoms with E-state index in [0.29, 0.717) is 0 Å². The first-order valence-electron chi connectivity index (χ1n) is 4.93. The van der Waals surface area contributed by atoms with E-state index in [2.05, 4.69) is 33.0 Å². The van der Waals surface area contributed by atoms with Gasteiger partial charge in [-0.15, -0.1) is 0 Å². The summed E-state index contributed by atoms with van der Waals surface area (Å²) in [6, 6.07) is 2.51. The van der Waals surface area contributed by atoms with E-state index in [9.17, 15) is 0 Å². The Morgan fingerprint density at radius 3 is 2.42 bits per heavy atom. The SMILES string of the molecule is CCCO[Si](C)(CC)CCCS. The van der Waals surface area contributed by atoms with Crippen LogP contribution in [0.3, 0.4) is 0 Å². The molecule has 0 radical (unpaired) electrons. The normalized spacial score (nSPS) is 16.0. The number of hydrogen-bond donors (Lipinski definition) is 1. The van der Waals surface area contributed by atoms with Gasteiger partial charge in [-0.2, -0.15) is 12.6 Å². The Morgan fingerprint density at radius 1 is 1.33 bits per heavy atom. The van der Waals surface area contributed by atoms with E-state index < -0.39 is 8.32 Å². The summed E-state index contributed by atoms with van der Waals surface area (Å²) < 4.78 is 5.93. The molecule has 0 saturated carbocycles. The summed E-state index contributed by atoms with van der Waals surface area (Å²) in [6.07, 6.45) is 2.35. The first-order valence-corrected chi connectivity index (χ1v) is 8.39. The Hall–Kier alpha value is 0.527. The zero-order valence-electron chi connectivity index (χ0n) is 8.60. The Balaban J connectivity index is 3.70. The third-order valence-electron chi connectivity index (χ3n) is 2.27. The van der Waals surface area contributed by atoms with E-state index >= 15 is 0 Å². The van der Waals surface area contributed by atoms with Crippen molar-refractivity contribution in [1.29, 1.82) is 0 Å². The minimum absolute atomic E-state index is 0.948. The quantitative estimate of drug-likeness (QED) is 0.496. The topological polar surface area (TPSA) is 9.23 Å². The third kappa shape index (κ3) is 5.22. The molecule has 0 N–H and O–H groups in total. The minimum Gasteiger partial charge on any atom is -0.417 e. The summed E-state index contributed by atoms with van der Waals surface area (Å²) in [4.78, 5) is 0. The van der Waals surface area contributed by atoms with Crippen molar-refractivity contribution >= 4 is 20.9 Å². The highest BCUT2D eigenvalue weighted by molar-refractivity contribution is 7.80. The molecule has 0 saturated heterocycles. The molecule has 0 aromatic rings. The fourth-order valence-corrected chi connectivity index (χ4v) is 3.93. The van der Waals surface area contributed by atoms with Gasteiger partial charge < -0.3 is 4.43 Å². The molecule has 0 aromatic carbocycles. The van der Waals surface area contributed by atoms with E-state index in [0.717, 1.165) is 18.8 Å². The maximum Gasteiger partial charge on any atom is 0.189 e. The van der Waals surface area contributed by atoms with Crippen molar-refractivity contribution in [3.8, 4) is 0 Å². The first kappa shape index (κ1) is 12.5. The van der Waals surface area contributed by atoms with Crippen LogP contribution in [0.2, 0.25) is 18.6 Å². The highest BCUT2D eigenvalue weighted by atomic mass is 32.1. The summed E-state index contributed by atoms with van der Waals surface area (Å²) in [5.74, 6) is 0.998. The van der Waals surface area contributed by atoms with Gasteiger partial charge in [0.15, 0.2) is 8.32 Å². The molecular formula is C9H22OSSi. The van der Waals surface area contributed by atoms with Gasteiger partial charge in [-0.05, 0) is 37.2 Å². The molecule has 0 fully saturated rings. The van der Waals surface area contributed by atoms with E-state index in [-0.39, 0.29) is 0 Å². The minimum atomic E-state index is -1.31. The molecule has 0 aliphatic carbocycles. The van der Waals surface area contributed by atoms with Gasteiger partial charge in [-0.3, -0.25) is 0 Å². The highest BCUT2D eigenvalue weighted by Crippen LogP contribution is 2.19. The van der Waals surface area contributed by atoms with Gasteiger partial charge in [0, 0.05) is 6.61 Å². The van der Waals surface area contributed by atoms with Crippen LogP contribution in [0, 0.1) is 0 Å². The fraction of sp³-hybridized carbons (Fsp3) is 1.00. The zero-order valence-corrected chi connectivity index (χ0v) is 10.5. The van der Waals surface area contributed by atoms with E-state index in [1.165, 1.54) is 18.5 Å². The van der Waals surface area contributed by atoms with Crippen molar-refractivity contribution in [3.63, 3.8) is 0 Å². The molecular weight excluding hydrogens is 184 g/mol. The molecule has 0 aromatic heterocycles. The summed E-state index contributed by atoms with van der Waals surface area (Å²) in [6.45, 7) is 7.71. The van der Waals surface area contributed by atoms with Crippen LogP contribution >= 0.6 is 12.6 Å². The van der Waals surface area contributed by atoms with Gasteiger partial charge in [-0.25, -0.2) is 0 Å². The Labute approximate surface area is 83.4 Å². The molecule has 0 amide bonds. The largest absolute Gasteiger partial charge is 0.417 e. The lowest BCUT2D eigenvalue weighted by atomic mass is 10.5. The number of hydrogen-bond acceptors (Lipinski definition) is 2. The summed E-state index contributed by atoms with van der Waals surface area (Å²) >= 11 is 4.23. The third-order valence-corrected chi connectivity index (χ3v) is 6.39. The van der Waals surface area contributed by atoms with Crippen LogP contribution in [0.5, 0.6) is 0 Å². The standard InChI is InChI=1S/C9H22OSSi/c1-4-7-10-12(3,5-2)9-6-8-11/h11H,4-9H2,1-3H3. The average Bonchev–Trinajstić information content (AvgIpc) is 2.11. The van der Waals surface area contributed by atoms with Gasteiger partial charge >= 0.3 is 0 Å². The number of thiol groups is 1. The van der Waals surface area contributed by atoms with Crippen LogP contribution in [0.4, 0.5) is 0 Å². The molecule has 0 spiro atoms. The Morgan fingerprint density at radius 2 is 2.00 bits per heavy atom. The van der Waals surface area contributed by atoms with Gasteiger partial charge in [0.25, 0.3) is 0 Å². The number of rotatable bonds is 7. The van der Waals surface area contributed by atoms with Crippen LogP contribution in [0.25, 0.3) is 0 Å². The lowest BCUT2D eigenvalue weighted by molar-refractivity contribution is 0.302. The van der Waals surface area contributed by atoms with Gasteiger partial charge in [0.2, 0.25) is 0 Å². The predicted octanol–water partition coefficient (Wildman–Crippen LogP) is 3.33. The summed E-state index contributed by atoms with van der Waals surface area (Å²) in [5, 5.41) is 0. The van der Waals surface area contributed by atoms with Crippen molar-refractivity contribution in [1.82, 2.24) is 0 Å². The molecule has 0 aliphatic heterocycles. The van der Waals surface area contributed by atoms with Crippen molar-refractivity contribution < 1.29 is 4.43 Å². The second-order valence-corrected chi connectivity index (χ2v) is 8.32. The van der Waals surface area contributed by atoms with Crippen molar-refractivity contribution in [3.05, 3.63) is 0 Å². The Kier molecular flexibility index (Phi) is 7.29. The Bertz CT molecular complexity index is 101. The van der Waals surface area contributed by atoms with Crippen LogP contribution in [0.15, 0.2) is 0 Å². The van der Waals surface area contributed by atoms with E-state index in [1.807, 2.05) is 0 Å². The van der Waals surface area contributed by atoms with Crippen molar-refractivity contribution in [2.24, 2.45) is 0 Å². The molecule has 3 heteroatoms. The van der Waals surface area contributed by atoms with E-state index in [1.54, 1.807) is 0 Å². The van der Waals surface area contributed by atoms with Crippen LogP contribution < -0.4 is 0 Å². The second-order valence-electron chi connectivity index (χ2n) is 3.48. The van der Waals surface area contributed by atoms with Crippen LogP contribution in [-0.2, 0) is 4.43 Å². The van der Waals surface area contributed by atoms with Gasteiger partial charge in [0.1, 0.15) is 0 Å². The molecule has 0 aliphatic rings. The average molecular weight is 206 g/mol. The van der Waals surface area contributed by atoms with Crippen LogP contribution in [-0.4, -0.2) is 20.7 Å². The van der Waals surface area contributed by atoms with Crippen LogP contribution in [0.1, 0.15) is 26.7 Å². The maximum atomic E-state index is 5.93. The molecule has 1 nitrogen and oxygen atoms in total. The molecule has 12 heavy (non-hydrogen) atoms. The zero-order chi connectivity index (χ0) is 9.45. The molecule has 1 unspecified atom stereocenters. The molecule has 0 rings (SSSR count).